The predicted molar refractivity (Wildman–Crippen MR) is 90.5 cm³/mol. The molecule has 2 atom stereocenters. The monoisotopic (exact) mass is 399 g/mol. The first kappa shape index (κ1) is 21.4. The molecule has 5 nitrogen and oxygen atoms in total. The predicted octanol–water partition coefficient (Wildman–Crippen LogP) is 2.78. The van der Waals surface area contributed by atoms with Crippen LogP contribution in [0.1, 0.15) is 22.8 Å². The number of esters is 1. The maximum Gasteiger partial charge on any atom is 0.416 e. The molecule has 0 aliphatic rings. The summed E-state index contributed by atoms with van der Waals surface area (Å²) in [7, 11) is 1.10. The Labute approximate surface area is 157 Å². The van der Waals surface area contributed by atoms with Gasteiger partial charge in [-0.3, -0.25) is 4.79 Å². The smallest absolute Gasteiger partial charge is 0.416 e. The van der Waals surface area contributed by atoms with Crippen molar-refractivity contribution < 1.29 is 37.0 Å². The second-order valence-corrected chi connectivity index (χ2v) is 5.94. The fourth-order valence-corrected chi connectivity index (χ4v) is 2.49. The molecule has 2 N–H and O–H groups in total. The van der Waals surface area contributed by atoms with E-state index < -0.39 is 41.6 Å². The topological polar surface area (TPSA) is 75.6 Å². The molecule has 0 radical (unpaired) electrons. The zero-order chi connectivity index (χ0) is 20.9. The summed E-state index contributed by atoms with van der Waals surface area (Å²) in [5.74, 6) is -2.36. The maximum absolute atomic E-state index is 13.3. The Morgan fingerprint density at radius 2 is 1.79 bits per heavy atom. The SMILES string of the molecule is COC(=O)[C@H](Cc1cccc(F)c1)NC(=O)[C@H](O)c1ccc(C(F)(F)F)cc1. The summed E-state index contributed by atoms with van der Waals surface area (Å²) in [5.41, 5.74) is -0.609. The van der Waals surface area contributed by atoms with E-state index in [4.69, 9.17) is 0 Å². The van der Waals surface area contributed by atoms with Crippen molar-refractivity contribution in [1.82, 2.24) is 5.32 Å². The molecule has 0 aromatic heterocycles. The number of nitrogens with one attached hydrogen (secondary N) is 1. The largest absolute Gasteiger partial charge is 0.467 e. The van der Waals surface area contributed by atoms with Crippen LogP contribution in [0.4, 0.5) is 17.6 Å². The van der Waals surface area contributed by atoms with Crippen molar-refractivity contribution in [2.24, 2.45) is 0 Å². The fraction of sp³-hybridized carbons (Fsp3) is 0.263. The molecule has 150 valence electrons. The van der Waals surface area contributed by atoms with Gasteiger partial charge >= 0.3 is 12.1 Å². The van der Waals surface area contributed by atoms with E-state index >= 15 is 0 Å². The average molecular weight is 399 g/mol. The standard InChI is InChI=1S/C19H17F4NO4/c1-28-18(27)15(10-11-3-2-4-14(20)9-11)24-17(26)16(25)12-5-7-13(8-6-12)19(21,22)23/h2-9,15-16,25H,10H2,1H3,(H,24,26)/t15-,16+/m0/s1. The van der Waals surface area contributed by atoms with Crippen LogP contribution in [-0.4, -0.2) is 30.1 Å². The van der Waals surface area contributed by atoms with Crippen molar-refractivity contribution in [3.05, 3.63) is 71.0 Å². The zero-order valence-corrected chi connectivity index (χ0v) is 14.7. The minimum absolute atomic E-state index is 0.0835. The summed E-state index contributed by atoms with van der Waals surface area (Å²) >= 11 is 0. The quantitative estimate of drug-likeness (QED) is 0.579. The Bertz CT molecular complexity index is 837. The number of halogens is 4. The Hall–Kier alpha value is -2.94. The van der Waals surface area contributed by atoms with Crippen LogP contribution in [0.2, 0.25) is 0 Å². The number of rotatable bonds is 6. The third-order valence-electron chi connectivity index (χ3n) is 3.93. The lowest BCUT2D eigenvalue weighted by molar-refractivity contribution is -0.146. The number of benzene rings is 2. The molecular formula is C19H17F4NO4. The van der Waals surface area contributed by atoms with E-state index in [1.165, 1.54) is 24.3 Å². The minimum Gasteiger partial charge on any atom is -0.467 e. The minimum atomic E-state index is -4.55. The summed E-state index contributed by atoms with van der Waals surface area (Å²) in [5, 5.41) is 12.4. The number of aliphatic hydroxyl groups excluding tert-OH is 1. The van der Waals surface area contributed by atoms with E-state index in [-0.39, 0.29) is 12.0 Å². The first-order valence-electron chi connectivity index (χ1n) is 8.09. The van der Waals surface area contributed by atoms with Crippen LogP contribution in [0.3, 0.4) is 0 Å². The number of methoxy groups -OCH3 is 1. The summed E-state index contributed by atoms with van der Waals surface area (Å²) in [6, 6.07) is 7.53. The summed E-state index contributed by atoms with van der Waals surface area (Å²) < 4.78 is 55.7. The lowest BCUT2D eigenvalue weighted by Crippen LogP contribution is -2.45. The van der Waals surface area contributed by atoms with Crippen molar-refractivity contribution in [3.63, 3.8) is 0 Å². The number of carbonyl (C=O) groups is 2. The van der Waals surface area contributed by atoms with Gasteiger partial charge in [0.1, 0.15) is 11.9 Å². The lowest BCUT2D eigenvalue weighted by atomic mass is 10.0. The molecule has 0 spiro atoms. The highest BCUT2D eigenvalue weighted by Crippen LogP contribution is 2.30. The highest BCUT2D eigenvalue weighted by molar-refractivity contribution is 5.87. The number of hydrogen-bond acceptors (Lipinski definition) is 4. The van der Waals surface area contributed by atoms with Gasteiger partial charge < -0.3 is 15.2 Å². The second kappa shape index (κ2) is 8.83. The van der Waals surface area contributed by atoms with E-state index in [0.29, 0.717) is 5.56 Å². The molecular weight excluding hydrogens is 382 g/mol. The summed E-state index contributed by atoms with van der Waals surface area (Å²) in [4.78, 5) is 24.2. The van der Waals surface area contributed by atoms with Gasteiger partial charge in [-0.25, -0.2) is 9.18 Å². The molecule has 0 aliphatic carbocycles. The van der Waals surface area contributed by atoms with Crippen LogP contribution < -0.4 is 5.32 Å². The van der Waals surface area contributed by atoms with Gasteiger partial charge in [-0.05, 0) is 35.4 Å². The van der Waals surface area contributed by atoms with Crippen molar-refractivity contribution in [2.75, 3.05) is 7.11 Å². The highest BCUT2D eigenvalue weighted by atomic mass is 19.4. The van der Waals surface area contributed by atoms with Gasteiger partial charge in [0, 0.05) is 6.42 Å². The van der Waals surface area contributed by atoms with Crippen LogP contribution in [-0.2, 0) is 26.9 Å². The van der Waals surface area contributed by atoms with Gasteiger partial charge in [0.2, 0.25) is 0 Å². The lowest BCUT2D eigenvalue weighted by Gasteiger charge is -2.19. The van der Waals surface area contributed by atoms with Gasteiger partial charge in [0.25, 0.3) is 5.91 Å². The Kier molecular flexibility index (Phi) is 6.74. The van der Waals surface area contributed by atoms with Gasteiger partial charge in [0.15, 0.2) is 6.10 Å². The molecule has 9 heteroatoms. The van der Waals surface area contributed by atoms with Crippen molar-refractivity contribution in [2.45, 2.75) is 24.7 Å². The van der Waals surface area contributed by atoms with E-state index in [1.807, 2.05) is 0 Å². The molecule has 0 bridgehead atoms. The molecule has 0 unspecified atom stereocenters. The first-order chi connectivity index (χ1) is 13.1. The molecule has 0 saturated carbocycles. The van der Waals surface area contributed by atoms with E-state index in [1.54, 1.807) is 0 Å². The van der Waals surface area contributed by atoms with Crippen LogP contribution in [0.5, 0.6) is 0 Å². The normalized spacial score (nSPS) is 13.5. The molecule has 0 saturated heterocycles. The molecule has 0 fully saturated rings. The number of amides is 1. The summed E-state index contributed by atoms with van der Waals surface area (Å²) in [6.45, 7) is 0. The van der Waals surface area contributed by atoms with Gasteiger partial charge in [-0.2, -0.15) is 13.2 Å². The zero-order valence-electron chi connectivity index (χ0n) is 14.7. The summed E-state index contributed by atoms with van der Waals surface area (Å²) in [6.07, 6.45) is -6.45. The van der Waals surface area contributed by atoms with Crippen molar-refractivity contribution >= 4 is 11.9 Å². The Balaban J connectivity index is 2.12. The first-order valence-corrected chi connectivity index (χ1v) is 8.09. The Morgan fingerprint density at radius 3 is 2.32 bits per heavy atom. The van der Waals surface area contributed by atoms with Crippen LogP contribution in [0, 0.1) is 5.82 Å². The van der Waals surface area contributed by atoms with Crippen LogP contribution in [0.25, 0.3) is 0 Å². The van der Waals surface area contributed by atoms with E-state index in [9.17, 15) is 32.3 Å². The highest BCUT2D eigenvalue weighted by Gasteiger charge is 2.31. The molecule has 1 amide bonds. The molecule has 2 aromatic rings. The molecule has 0 heterocycles. The maximum atomic E-state index is 13.3. The van der Waals surface area contributed by atoms with Gasteiger partial charge in [-0.15, -0.1) is 0 Å². The number of hydrogen-bond donors (Lipinski definition) is 2. The van der Waals surface area contributed by atoms with Crippen molar-refractivity contribution in [3.8, 4) is 0 Å². The van der Waals surface area contributed by atoms with E-state index in [0.717, 1.165) is 31.4 Å². The number of carbonyl (C=O) groups excluding carboxylic acids is 2. The van der Waals surface area contributed by atoms with Crippen LogP contribution in [0.15, 0.2) is 48.5 Å². The third kappa shape index (κ3) is 5.53. The molecule has 28 heavy (non-hydrogen) atoms. The van der Waals surface area contributed by atoms with Gasteiger partial charge in [0.05, 0.1) is 12.7 Å². The molecule has 2 aromatic carbocycles. The van der Waals surface area contributed by atoms with E-state index in [2.05, 4.69) is 10.1 Å². The third-order valence-corrected chi connectivity index (χ3v) is 3.93. The molecule has 0 aliphatic heterocycles. The van der Waals surface area contributed by atoms with Crippen LogP contribution >= 0.6 is 0 Å². The van der Waals surface area contributed by atoms with Crippen molar-refractivity contribution in [1.29, 1.82) is 0 Å². The molecule has 2 rings (SSSR count). The number of alkyl halides is 3. The average Bonchev–Trinajstić information content (AvgIpc) is 2.65. The number of aliphatic hydroxyl groups is 1. The second-order valence-electron chi connectivity index (χ2n) is 5.94. The van der Waals surface area contributed by atoms with Gasteiger partial charge in [-0.1, -0.05) is 24.3 Å². The number of ether oxygens (including phenoxy) is 1. The fourth-order valence-electron chi connectivity index (χ4n) is 2.49. The Morgan fingerprint density at radius 1 is 1.14 bits per heavy atom.